The summed E-state index contributed by atoms with van der Waals surface area (Å²) in [5.41, 5.74) is 1.26. The second-order valence-corrected chi connectivity index (χ2v) is 7.87. The normalized spacial score (nSPS) is 15.3. The van der Waals surface area contributed by atoms with Gasteiger partial charge in [-0.05, 0) is 18.2 Å². The van der Waals surface area contributed by atoms with Crippen LogP contribution < -0.4 is 20.1 Å². The number of nitro benzene ring substituents is 1. The Morgan fingerprint density at radius 2 is 2.00 bits per heavy atom. The van der Waals surface area contributed by atoms with Crippen LogP contribution in [-0.2, 0) is 9.59 Å². The molecule has 0 radical (unpaired) electrons. The second-order valence-electron chi connectivity index (χ2n) is 6.88. The van der Waals surface area contributed by atoms with E-state index in [2.05, 4.69) is 16.7 Å². The number of hydrogen-bond acceptors (Lipinski definition) is 8. The monoisotopic (exact) mass is 468 g/mol. The quantitative estimate of drug-likeness (QED) is 0.443. The summed E-state index contributed by atoms with van der Waals surface area (Å²) in [6, 6.07) is 12.8. The average molecular weight is 468 g/mol. The lowest BCUT2D eigenvalue weighted by atomic mass is 9.86. The summed E-state index contributed by atoms with van der Waals surface area (Å²) in [5, 5.41) is 26.2. The number of thioether (sulfide) groups is 1. The molecule has 0 spiro atoms. The molecule has 2 aromatic rings. The number of rotatable bonds is 8. The van der Waals surface area contributed by atoms with Crippen LogP contribution in [-0.4, -0.2) is 36.7 Å². The fraction of sp³-hybridized carbons (Fsp3) is 0.227. The van der Waals surface area contributed by atoms with E-state index in [-0.39, 0.29) is 23.8 Å². The van der Waals surface area contributed by atoms with E-state index in [1.807, 2.05) is 0 Å². The molecule has 0 bridgehead atoms. The highest BCUT2D eigenvalue weighted by atomic mass is 32.2. The zero-order valence-corrected chi connectivity index (χ0v) is 18.6. The third kappa shape index (κ3) is 5.42. The summed E-state index contributed by atoms with van der Waals surface area (Å²) < 4.78 is 10.8. The Morgan fingerprint density at radius 1 is 1.27 bits per heavy atom. The van der Waals surface area contributed by atoms with Gasteiger partial charge in [0.15, 0.2) is 11.5 Å². The smallest absolute Gasteiger partial charge is 0.269 e. The maximum absolute atomic E-state index is 12.4. The van der Waals surface area contributed by atoms with Crippen molar-refractivity contribution >= 4 is 35.0 Å². The fourth-order valence-electron chi connectivity index (χ4n) is 3.39. The van der Waals surface area contributed by atoms with E-state index < -0.39 is 16.7 Å². The van der Waals surface area contributed by atoms with Crippen LogP contribution in [0.15, 0.2) is 53.1 Å². The molecule has 10 nitrogen and oxygen atoms in total. The van der Waals surface area contributed by atoms with Gasteiger partial charge in [-0.3, -0.25) is 19.7 Å². The van der Waals surface area contributed by atoms with Crippen LogP contribution in [0.3, 0.4) is 0 Å². The number of non-ortho nitro benzene ring substituents is 1. The minimum Gasteiger partial charge on any atom is -0.493 e. The lowest BCUT2D eigenvalue weighted by Crippen LogP contribution is -2.31. The van der Waals surface area contributed by atoms with Gasteiger partial charge in [-0.2, -0.15) is 5.26 Å². The number of nitro groups is 1. The van der Waals surface area contributed by atoms with Crippen molar-refractivity contribution in [3.8, 4) is 17.6 Å². The van der Waals surface area contributed by atoms with Gasteiger partial charge >= 0.3 is 0 Å². The molecule has 33 heavy (non-hydrogen) atoms. The molecular formula is C22H20N4O6S. The Balaban J connectivity index is 1.79. The number of para-hydroxylation sites is 1. The van der Waals surface area contributed by atoms with Crippen molar-refractivity contribution < 1.29 is 24.0 Å². The molecule has 0 aliphatic carbocycles. The van der Waals surface area contributed by atoms with Crippen LogP contribution >= 0.6 is 11.8 Å². The second kappa shape index (κ2) is 10.5. The number of nitriles is 1. The molecule has 0 fully saturated rings. The predicted molar refractivity (Wildman–Crippen MR) is 122 cm³/mol. The number of amides is 2. The average Bonchev–Trinajstić information content (AvgIpc) is 2.82. The van der Waals surface area contributed by atoms with Crippen molar-refractivity contribution in [1.82, 2.24) is 5.32 Å². The number of allylic oxidation sites excluding steroid dienone is 1. The Kier molecular flexibility index (Phi) is 7.53. The number of anilines is 1. The summed E-state index contributed by atoms with van der Waals surface area (Å²) in [4.78, 5) is 35.0. The SMILES string of the molecule is COc1cccc([C@H]2CC(=O)NC(SCC(=O)Nc3ccc([N+](=O)[O-])cc3)=C2C#N)c1OC. The van der Waals surface area contributed by atoms with Gasteiger partial charge < -0.3 is 20.1 Å². The maximum atomic E-state index is 12.4. The summed E-state index contributed by atoms with van der Waals surface area (Å²) in [6.45, 7) is 0. The third-order valence-electron chi connectivity index (χ3n) is 4.87. The van der Waals surface area contributed by atoms with Crippen molar-refractivity contribution in [2.75, 3.05) is 25.3 Å². The zero-order valence-electron chi connectivity index (χ0n) is 17.8. The number of hydrogen-bond donors (Lipinski definition) is 2. The molecule has 1 aliphatic heterocycles. The topological polar surface area (TPSA) is 144 Å². The van der Waals surface area contributed by atoms with E-state index in [1.54, 1.807) is 18.2 Å². The molecular weight excluding hydrogens is 448 g/mol. The molecule has 0 saturated carbocycles. The molecule has 11 heteroatoms. The molecule has 2 aromatic carbocycles. The van der Waals surface area contributed by atoms with Gasteiger partial charge in [0.05, 0.1) is 41.6 Å². The molecule has 2 N–H and O–H groups in total. The van der Waals surface area contributed by atoms with E-state index in [0.717, 1.165) is 11.8 Å². The first-order chi connectivity index (χ1) is 15.9. The van der Waals surface area contributed by atoms with Gasteiger partial charge in [-0.25, -0.2) is 0 Å². The predicted octanol–water partition coefficient (Wildman–Crippen LogP) is 3.32. The van der Waals surface area contributed by atoms with Crippen LogP contribution in [0, 0.1) is 21.4 Å². The van der Waals surface area contributed by atoms with Crippen LogP contribution in [0.4, 0.5) is 11.4 Å². The highest BCUT2D eigenvalue weighted by Crippen LogP contribution is 2.43. The number of carbonyl (C=O) groups excluding carboxylic acids is 2. The summed E-state index contributed by atoms with van der Waals surface area (Å²) in [5.74, 6) is -0.410. The zero-order chi connectivity index (χ0) is 24.0. The Morgan fingerprint density at radius 3 is 2.61 bits per heavy atom. The molecule has 2 amide bonds. The van der Waals surface area contributed by atoms with Gasteiger partial charge in [0, 0.05) is 35.7 Å². The first-order valence-electron chi connectivity index (χ1n) is 9.70. The van der Waals surface area contributed by atoms with Gasteiger partial charge in [-0.1, -0.05) is 23.9 Å². The summed E-state index contributed by atoms with van der Waals surface area (Å²) in [6.07, 6.45) is 0.0471. The number of benzene rings is 2. The van der Waals surface area contributed by atoms with Crippen LogP contribution in [0.25, 0.3) is 0 Å². The molecule has 0 unspecified atom stereocenters. The standard InChI is InChI=1S/C22H20N4O6S/c1-31-18-5-3-4-15(21(18)32-2)16-10-19(27)25-22(17(16)11-23)33-12-20(28)24-13-6-8-14(9-7-13)26(29)30/h3-9,16H,10,12H2,1-2H3,(H,24,28)(H,25,27)/t16-/m1/s1. The van der Waals surface area contributed by atoms with Gasteiger partial charge in [-0.15, -0.1) is 0 Å². The number of carbonyl (C=O) groups is 2. The molecule has 1 aliphatic rings. The molecule has 3 rings (SSSR count). The molecule has 1 heterocycles. The first-order valence-corrected chi connectivity index (χ1v) is 10.7. The molecule has 170 valence electrons. The van der Waals surface area contributed by atoms with E-state index in [9.17, 15) is 25.0 Å². The lowest BCUT2D eigenvalue weighted by molar-refractivity contribution is -0.384. The number of ether oxygens (including phenoxy) is 2. The van der Waals surface area contributed by atoms with Crippen LogP contribution in [0.1, 0.15) is 17.9 Å². The number of nitrogens with zero attached hydrogens (tertiary/aromatic N) is 2. The van der Waals surface area contributed by atoms with Crippen LogP contribution in [0.5, 0.6) is 11.5 Å². The number of methoxy groups -OCH3 is 2. The molecule has 0 saturated heterocycles. The first kappa shape index (κ1) is 23.6. The van der Waals surface area contributed by atoms with E-state index in [0.29, 0.717) is 33.4 Å². The van der Waals surface area contributed by atoms with Gasteiger partial charge in [0.1, 0.15) is 0 Å². The van der Waals surface area contributed by atoms with Crippen LogP contribution in [0.2, 0.25) is 0 Å². The minimum absolute atomic E-state index is 0.0471. The molecule has 0 aromatic heterocycles. The van der Waals surface area contributed by atoms with Crippen molar-refractivity contribution in [1.29, 1.82) is 5.26 Å². The Bertz CT molecular complexity index is 1160. The maximum Gasteiger partial charge on any atom is 0.269 e. The Labute approximate surface area is 193 Å². The minimum atomic E-state index is -0.561. The van der Waals surface area contributed by atoms with E-state index in [4.69, 9.17) is 9.47 Å². The lowest BCUT2D eigenvalue weighted by Gasteiger charge is -2.26. The highest BCUT2D eigenvalue weighted by molar-refractivity contribution is 8.03. The van der Waals surface area contributed by atoms with Crippen molar-refractivity contribution in [3.63, 3.8) is 0 Å². The largest absolute Gasteiger partial charge is 0.493 e. The van der Waals surface area contributed by atoms with E-state index in [1.165, 1.54) is 38.5 Å². The molecule has 1 atom stereocenters. The van der Waals surface area contributed by atoms with Gasteiger partial charge in [0.2, 0.25) is 11.8 Å². The van der Waals surface area contributed by atoms with Crippen molar-refractivity contribution in [2.24, 2.45) is 0 Å². The van der Waals surface area contributed by atoms with Gasteiger partial charge in [0.25, 0.3) is 5.69 Å². The van der Waals surface area contributed by atoms with Crippen molar-refractivity contribution in [3.05, 3.63) is 68.7 Å². The van der Waals surface area contributed by atoms with Crippen molar-refractivity contribution in [2.45, 2.75) is 12.3 Å². The summed E-state index contributed by atoms with van der Waals surface area (Å²) >= 11 is 1.02. The Hall–Kier alpha value is -4.04. The fourth-order valence-corrected chi connectivity index (χ4v) is 4.26. The number of nitrogens with one attached hydrogen (secondary N) is 2. The highest BCUT2D eigenvalue weighted by Gasteiger charge is 2.32. The third-order valence-corrected chi connectivity index (χ3v) is 5.89. The summed E-state index contributed by atoms with van der Waals surface area (Å²) in [7, 11) is 2.99. The van der Waals surface area contributed by atoms with E-state index >= 15 is 0 Å².